The molecule has 0 atom stereocenters. The van der Waals surface area contributed by atoms with Gasteiger partial charge in [-0.2, -0.15) is 0 Å². The van der Waals surface area contributed by atoms with Gasteiger partial charge < -0.3 is 4.74 Å². The van der Waals surface area contributed by atoms with E-state index in [1.165, 1.54) is 18.2 Å². The predicted molar refractivity (Wildman–Crippen MR) is 98.9 cm³/mol. The van der Waals surface area contributed by atoms with Crippen LogP contribution in [0.2, 0.25) is 5.02 Å². The van der Waals surface area contributed by atoms with Gasteiger partial charge in [0.05, 0.1) is 15.5 Å². The van der Waals surface area contributed by atoms with Crippen LogP contribution >= 0.6 is 11.6 Å². The molecular formula is C19H13ClN2O4. The highest BCUT2D eigenvalue weighted by Crippen LogP contribution is 2.27. The first kappa shape index (κ1) is 17.6. The molecule has 0 amide bonds. The van der Waals surface area contributed by atoms with Gasteiger partial charge in [-0.3, -0.25) is 10.1 Å². The van der Waals surface area contributed by atoms with E-state index in [1.807, 2.05) is 43.3 Å². The summed E-state index contributed by atoms with van der Waals surface area (Å²) >= 11 is 6.06. The SMILES string of the molecule is CC(/C=C1\N=C(c2cc([N+](=O)[O-])ccc2Cl)OC1=O)=C\c1ccccc1. The Balaban J connectivity index is 1.93. The molecule has 0 saturated heterocycles. The van der Waals surface area contributed by atoms with Gasteiger partial charge in [-0.05, 0) is 30.2 Å². The number of hydrogen-bond donors (Lipinski definition) is 0. The van der Waals surface area contributed by atoms with Gasteiger partial charge >= 0.3 is 5.97 Å². The van der Waals surface area contributed by atoms with E-state index in [0.29, 0.717) is 0 Å². The summed E-state index contributed by atoms with van der Waals surface area (Å²) in [6.07, 6.45) is 3.49. The van der Waals surface area contributed by atoms with Crippen LogP contribution in [0.3, 0.4) is 0 Å². The number of halogens is 1. The number of cyclic esters (lactones) is 1. The van der Waals surface area contributed by atoms with E-state index >= 15 is 0 Å². The monoisotopic (exact) mass is 368 g/mol. The molecule has 2 aromatic rings. The van der Waals surface area contributed by atoms with Crippen molar-refractivity contribution in [3.05, 3.63) is 92.1 Å². The van der Waals surface area contributed by atoms with E-state index in [9.17, 15) is 14.9 Å². The summed E-state index contributed by atoms with van der Waals surface area (Å²) in [4.78, 5) is 26.6. The van der Waals surface area contributed by atoms with Crippen molar-refractivity contribution in [1.29, 1.82) is 0 Å². The Morgan fingerprint density at radius 1 is 1.23 bits per heavy atom. The molecule has 0 unspecified atom stereocenters. The number of esters is 1. The molecular weight excluding hydrogens is 356 g/mol. The quantitative estimate of drug-likeness (QED) is 0.343. The molecule has 7 heteroatoms. The first-order chi connectivity index (χ1) is 12.4. The van der Waals surface area contributed by atoms with Gasteiger partial charge in [-0.15, -0.1) is 0 Å². The molecule has 0 bridgehead atoms. The molecule has 130 valence electrons. The number of nitro benzene ring substituents is 1. The van der Waals surface area contributed by atoms with Crippen molar-refractivity contribution in [2.75, 3.05) is 0 Å². The Kier molecular flexibility index (Phi) is 4.95. The molecule has 0 fully saturated rings. The third-order valence-corrected chi connectivity index (χ3v) is 3.90. The topological polar surface area (TPSA) is 81.8 Å². The molecule has 0 saturated carbocycles. The second-order valence-electron chi connectivity index (χ2n) is 5.56. The van der Waals surface area contributed by atoms with E-state index in [2.05, 4.69) is 4.99 Å². The Bertz CT molecular complexity index is 978. The second kappa shape index (κ2) is 7.33. The van der Waals surface area contributed by atoms with E-state index in [0.717, 1.165) is 11.1 Å². The standard InChI is InChI=1S/C19H13ClN2O4/c1-12(9-13-5-3-2-4-6-13)10-17-19(23)26-18(21-17)15-11-14(22(24)25)7-8-16(15)20/h2-11H,1H3/b12-9+,17-10-. The second-order valence-corrected chi connectivity index (χ2v) is 5.96. The fraction of sp³-hybridized carbons (Fsp3) is 0.0526. The molecule has 6 nitrogen and oxygen atoms in total. The molecule has 26 heavy (non-hydrogen) atoms. The van der Waals surface area contributed by atoms with Crippen LogP contribution in [0.1, 0.15) is 18.1 Å². The van der Waals surface area contributed by atoms with Crippen molar-refractivity contribution in [3.8, 4) is 0 Å². The first-order valence-corrected chi connectivity index (χ1v) is 8.02. The molecule has 0 radical (unpaired) electrons. The summed E-state index contributed by atoms with van der Waals surface area (Å²) in [5, 5.41) is 11.1. The van der Waals surface area contributed by atoms with Crippen molar-refractivity contribution in [1.82, 2.24) is 0 Å². The maximum absolute atomic E-state index is 12.1. The smallest absolute Gasteiger partial charge is 0.363 e. The number of ether oxygens (including phenoxy) is 1. The summed E-state index contributed by atoms with van der Waals surface area (Å²) in [6, 6.07) is 13.5. The molecule has 0 N–H and O–H groups in total. The molecule has 2 aromatic carbocycles. The maximum atomic E-state index is 12.1. The lowest BCUT2D eigenvalue weighted by Crippen LogP contribution is -2.06. The molecule has 0 aromatic heterocycles. The zero-order chi connectivity index (χ0) is 18.7. The van der Waals surface area contributed by atoms with Crippen molar-refractivity contribution >= 4 is 35.2 Å². The van der Waals surface area contributed by atoms with Crippen LogP contribution in [-0.2, 0) is 9.53 Å². The molecule has 3 rings (SSSR count). The number of non-ortho nitro benzene ring substituents is 1. The van der Waals surface area contributed by atoms with Crippen LogP contribution in [0, 0.1) is 10.1 Å². The molecule has 0 spiro atoms. The fourth-order valence-corrected chi connectivity index (χ4v) is 2.58. The Labute approximate surface area is 154 Å². The third kappa shape index (κ3) is 3.87. The van der Waals surface area contributed by atoms with Crippen LogP contribution in [-0.4, -0.2) is 16.8 Å². The average Bonchev–Trinajstić information content (AvgIpc) is 2.96. The van der Waals surface area contributed by atoms with Gasteiger partial charge in [0.15, 0.2) is 5.70 Å². The van der Waals surface area contributed by atoms with Crippen molar-refractivity contribution < 1.29 is 14.5 Å². The number of hydrogen-bond acceptors (Lipinski definition) is 5. The minimum absolute atomic E-state index is 0.0533. The Morgan fingerprint density at radius 2 is 1.96 bits per heavy atom. The molecule has 1 heterocycles. The van der Waals surface area contributed by atoms with Gasteiger partial charge in [-0.25, -0.2) is 9.79 Å². The van der Waals surface area contributed by atoms with Crippen molar-refractivity contribution in [2.24, 2.45) is 4.99 Å². The van der Waals surface area contributed by atoms with Crippen LogP contribution in [0.25, 0.3) is 6.08 Å². The minimum Gasteiger partial charge on any atom is -0.402 e. The maximum Gasteiger partial charge on any atom is 0.363 e. The van der Waals surface area contributed by atoms with E-state index in [1.54, 1.807) is 6.08 Å². The summed E-state index contributed by atoms with van der Waals surface area (Å²) in [5.74, 6) is -0.689. The van der Waals surface area contributed by atoms with E-state index in [4.69, 9.17) is 16.3 Å². The summed E-state index contributed by atoms with van der Waals surface area (Å²) in [5.41, 5.74) is 1.92. The third-order valence-electron chi connectivity index (χ3n) is 3.57. The number of rotatable bonds is 4. The summed E-state index contributed by atoms with van der Waals surface area (Å²) in [6.45, 7) is 1.83. The largest absolute Gasteiger partial charge is 0.402 e. The lowest BCUT2D eigenvalue weighted by Gasteiger charge is -2.02. The van der Waals surface area contributed by atoms with Gasteiger partial charge in [0, 0.05) is 12.1 Å². The van der Waals surface area contributed by atoms with Crippen molar-refractivity contribution in [2.45, 2.75) is 6.92 Å². The lowest BCUT2D eigenvalue weighted by molar-refractivity contribution is -0.384. The number of benzene rings is 2. The Hall–Kier alpha value is -3.25. The van der Waals surface area contributed by atoms with Gasteiger partial charge in [0.1, 0.15) is 0 Å². The first-order valence-electron chi connectivity index (χ1n) is 7.64. The van der Waals surface area contributed by atoms with E-state index in [-0.39, 0.29) is 27.9 Å². The average molecular weight is 369 g/mol. The van der Waals surface area contributed by atoms with Crippen LogP contribution in [0.4, 0.5) is 5.69 Å². The highest BCUT2D eigenvalue weighted by atomic mass is 35.5. The number of aliphatic imine (C=N–C) groups is 1. The van der Waals surface area contributed by atoms with Gasteiger partial charge in [0.25, 0.3) is 5.69 Å². The zero-order valence-electron chi connectivity index (χ0n) is 13.7. The Morgan fingerprint density at radius 3 is 2.65 bits per heavy atom. The van der Waals surface area contributed by atoms with E-state index < -0.39 is 10.9 Å². The van der Waals surface area contributed by atoms with Crippen LogP contribution < -0.4 is 0 Å². The van der Waals surface area contributed by atoms with Crippen LogP contribution in [0.5, 0.6) is 0 Å². The molecule has 0 aliphatic carbocycles. The summed E-state index contributed by atoms with van der Waals surface area (Å²) in [7, 11) is 0. The minimum atomic E-state index is -0.636. The molecule has 1 aliphatic heterocycles. The number of nitrogens with zero attached hydrogens (tertiary/aromatic N) is 2. The number of nitro groups is 1. The number of carbonyl (C=O) groups is 1. The van der Waals surface area contributed by atoms with Crippen LogP contribution in [0.15, 0.2) is 70.9 Å². The number of allylic oxidation sites excluding steroid dienone is 2. The number of carbonyl (C=O) groups excluding carboxylic acids is 1. The highest BCUT2D eigenvalue weighted by Gasteiger charge is 2.27. The fourth-order valence-electron chi connectivity index (χ4n) is 2.38. The predicted octanol–water partition coefficient (Wildman–Crippen LogP) is 4.54. The lowest BCUT2D eigenvalue weighted by atomic mass is 10.1. The van der Waals surface area contributed by atoms with Crippen molar-refractivity contribution in [3.63, 3.8) is 0 Å². The van der Waals surface area contributed by atoms with Gasteiger partial charge in [-0.1, -0.05) is 48.0 Å². The molecule has 1 aliphatic rings. The zero-order valence-corrected chi connectivity index (χ0v) is 14.4. The summed E-state index contributed by atoms with van der Waals surface area (Å²) < 4.78 is 5.14. The normalized spacial score (nSPS) is 15.8. The highest BCUT2D eigenvalue weighted by molar-refractivity contribution is 6.34. The van der Waals surface area contributed by atoms with Gasteiger partial charge in [0.2, 0.25) is 5.90 Å².